The Morgan fingerprint density at radius 3 is 2.70 bits per heavy atom. The summed E-state index contributed by atoms with van der Waals surface area (Å²) in [5.41, 5.74) is 1.03. The second-order valence-electron chi connectivity index (χ2n) is 7.51. The fourth-order valence-electron chi connectivity index (χ4n) is 3.31. The molecule has 1 fully saturated rings. The first kappa shape index (κ1) is 21.7. The van der Waals surface area contributed by atoms with Gasteiger partial charge in [0.1, 0.15) is 10.9 Å². The Kier molecular flexibility index (Phi) is 6.88. The van der Waals surface area contributed by atoms with E-state index < -0.39 is 6.04 Å². The molecule has 0 aliphatic carbocycles. The highest BCUT2D eigenvalue weighted by atomic mass is 35.5. The van der Waals surface area contributed by atoms with Gasteiger partial charge in [-0.25, -0.2) is 0 Å². The first-order valence-electron chi connectivity index (χ1n) is 9.01. The molecule has 150 valence electrons. The van der Waals surface area contributed by atoms with Gasteiger partial charge in [-0.05, 0) is 51.3 Å². The van der Waals surface area contributed by atoms with E-state index in [9.17, 15) is 9.59 Å². The van der Waals surface area contributed by atoms with E-state index in [2.05, 4.69) is 28.0 Å². The van der Waals surface area contributed by atoms with Crippen LogP contribution in [0.5, 0.6) is 0 Å². The molecule has 1 aliphatic heterocycles. The number of thiophene rings is 1. The van der Waals surface area contributed by atoms with Crippen LogP contribution in [0, 0.1) is 12.3 Å². The Morgan fingerprint density at radius 1 is 1.41 bits per heavy atom. The van der Waals surface area contributed by atoms with Gasteiger partial charge in [0, 0.05) is 19.0 Å². The van der Waals surface area contributed by atoms with Gasteiger partial charge in [0.2, 0.25) is 5.91 Å². The smallest absolute Gasteiger partial charge is 0.262 e. The monoisotopic (exact) mass is 413 g/mol. The fourth-order valence-corrected chi connectivity index (χ4v) is 4.34. The van der Waals surface area contributed by atoms with Gasteiger partial charge in [0.25, 0.3) is 5.91 Å². The van der Waals surface area contributed by atoms with Crippen molar-refractivity contribution >= 4 is 45.8 Å². The summed E-state index contributed by atoms with van der Waals surface area (Å²) < 4.78 is 1.78. The van der Waals surface area contributed by atoms with Gasteiger partial charge in [-0.2, -0.15) is 5.10 Å². The molecule has 7 nitrogen and oxygen atoms in total. The molecule has 2 aromatic rings. The first-order valence-corrected chi connectivity index (χ1v) is 9.83. The van der Waals surface area contributed by atoms with Crippen molar-refractivity contribution in [2.75, 3.05) is 19.6 Å². The maximum Gasteiger partial charge on any atom is 0.262 e. The Labute approximate surface area is 169 Å². The van der Waals surface area contributed by atoms with Gasteiger partial charge in [0.05, 0.1) is 10.6 Å². The average Bonchev–Trinajstić information content (AvgIpc) is 3.15. The van der Waals surface area contributed by atoms with Crippen molar-refractivity contribution in [2.45, 2.75) is 39.7 Å². The zero-order chi connectivity index (χ0) is 18.9. The van der Waals surface area contributed by atoms with Crippen molar-refractivity contribution < 1.29 is 9.59 Å². The molecule has 0 saturated carbocycles. The van der Waals surface area contributed by atoms with Gasteiger partial charge in [-0.1, -0.05) is 6.92 Å². The number of piperidine rings is 1. The lowest BCUT2D eigenvalue weighted by atomic mass is 9.81. The third-order valence-electron chi connectivity index (χ3n) is 5.16. The summed E-state index contributed by atoms with van der Waals surface area (Å²) >= 11 is 1.39. The van der Waals surface area contributed by atoms with Crippen LogP contribution in [0.4, 0.5) is 0 Å². The third-order valence-corrected chi connectivity index (χ3v) is 6.36. The zero-order valence-electron chi connectivity index (χ0n) is 16.2. The minimum atomic E-state index is -0.572. The number of amides is 2. The van der Waals surface area contributed by atoms with E-state index in [0.717, 1.165) is 41.8 Å². The summed E-state index contributed by atoms with van der Waals surface area (Å²) in [6, 6.07) is 1.27. The van der Waals surface area contributed by atoms with Gasteiger partial charge >= 0.3 is 0 Å². The number of rotatable bonds is 5. The lowest BCUT2D eigenvalue weighted by molar-refractivity contribution is -0.123. The molecule has 3 heterocycles. The molecule has 1 unspecified atom stereocenters. The summed E-state index contributed by atoms with van der Waals surface area (Å²) in [5.74, 6) is -0.363. The summed E-state index contributed by atoms with van der Waals surface area (Å²) in [5, 5.41) is 14.5. The van der Waals surface area contributed by atoms with Crippen molar-refractivity contribution in [3.05, 3.63) is 16.6 Å². The Morgan fingerprint density at radius 2 is 2.07 bits per heavy atom. The van der Waals surface area contributed by atoms with Crippen molar-refractivity contribution in [2.24, 2.45) is 12.5 Å². The zero-order valence-corrected chi connectivity index (χ0v) is 17.9. The molecule has 1 saturated heterocycles. The molecular weight excluding hydrogens is 386 g/mol. The lowest BCUT2D eigenvalue weighted by Gasteiger charge is -2.34. The molecule has 2 amide bonds. The van der Waals surface area contributed by atoms with Crippen LogP contribution in [-0.4, -0.2) is 47.3 Å². The van der Waals surface area contributed by atoms with Crippen molar-refractivity contribution in [1.29, 1.82) is 0 Å². The standard InChI is InChI=1S/C18H27N5O2S.ClH/c1-11-13-9-14(26-17(13)23(4)22-11)16(25)21-12(2)15(24)20-10-18(3)5-7-19-8-6-18;/h9,12,19H,5-8,10H2,1-4H3,(H,20,24)(H,21,25);1H. The summed E-state index contributed by atoms with van der Waals surface area (Å²) in [6.07, 6.45) is 2.09. The summed E-state index contributed by atoms with van der Waals surface area (Å²) in [7, 11) is 1.87. The third kappa shape index (κ3) is 4.80. The number of carbonyl (C=O) groups excluding carboxylic acids is 2. The fraction of sp³-hybridized carbons (Fsp3) is 0.611. The van der Waals surface area contributed by atoms with Crippen LogP contribution in [0.25, 0.3) is 10.2 Å². The number of halogens is 1. The van der Waals surface area contributed by atoms with Gasteiger partial charge in [-0.15, -0.1) is 23.7 Å². The number of nitrogens with one attached hydrogen (secondary N) is 3. The van der Waals surface area contributed by atoms with E-state index in [1.54, 1.807) is 11.6 Å². The van der Waals surface area contributed by atoms with E-state index in [1.165, 1.54) is 11.3 Å². The van der Waals surface area contributed by atoms with E-state index >= 15 is 0 Å². The van der Waals surface area contributed by atoms with Crippen LogP contribution in [-0.2, 0) is 11.8 Å². The highest BCUT2D eigenvalue weighted by molar-refractivity contribution is 7.20. The molecule has 3 N–H and O–H groups in total. The van der Waals surface area contributed by atoms with Crippen LogP contribution in [0.15, 0.2) is 6.07 Å². The molecule has 0 spiro atoms. The number of hydrogen-bond acceptors (Lipinski definition) is 5. The normalized spacial score (nSPS) is 17.2. The number of aryl methyl sites for hydroxylation is 2. The molecule has 0 radical (unpaired) electrons. The molecule has 0 bridgehead atoms. The topological polar surface area (TPSA) is 88.0 Å². The van der Waals surface area contributed by atoms with Crippen LogP contribution in [0.1, 0.15) is 42.1 Å². The molecule has 3 rings (SSSR count). The number of carbonyl (C=O) groups is 2. The van der Waals surface area contributed by atoms with E-state index in [0.29, 0.717) is 11.4 Å². The summed E-state index contributed by atoms with van der Waals surface area (Å²) in [6.45, 7) is 8.45. The SMILES string of the molecule is Cc1nn(C)c2sc(C(=O)NC(C)C(=O)NCC3(C)CCNCC3)cc12.Cl. The maximum absolute atomic E-state index is 12.5. The van der Waals surface area contributed by atoms with Crippen LogP contribution in [0.3, 0.4) is 0 Å². The molecule has 0 aromatic carbocycles. The van der Waals surface area contributed by atoms with E-state index in [-0.39, 0.29) is 29.6 Å². The van der Waals surface area contributed by atoms with Crippen molar-refractivity contribution in [3.63, 3.8) is 0 Å². The lowest BCUT2D eigenvalue weighted by Crippen LogP contribution is -2.49. The maximum atomic E-state index is 12.5. The highest BCUT2D eigenvalue weighted by Crippen LogP contribution is 2.28. The molecule has 1 aliphatic rings. The van der Waals surface area contributed by atoms with Crippen LogP contribution >= 0.6 is 23.7 Å². The Balaban J connectivity index is 0.00000261. The Hall–Kier alpha value is -1.64. The summed E-state index contributed by atoms with van der Waals surface area (Å²) in [4.78, 5) is 26.4. The Bertz CT molecular complexity index is 791. The van der Waals surface area contributed by atoms with Gasteiger partial charge in [0.15, 0.2) is 0 Å². The molecule has 1 atom stereocenters. The van der Waals surface area contributed by atoms with Gasteiger partial charge in [-0.3, -0.25) is 14.3 Å². The molecule has 2 aromatic heterocycles. The second kappa shape index (κ2) is 8.58. The number of aromatic nitrogens is 2. The van der Waals surface area contributed by atoms with Gasteiger partial charge < -0.3 is 16.0 Å². The predicted molar refractivity (Wildman–Crippen MR) is 111 cm³/mol. The average molecular weight is 414 g/mol. The van der Waals surface area contributed by atoms with E-state index in [1.807, 2.05) is 20.0 Å². The highest BCUT2D eigenvalue weighted by Gasteiger charge is 2.28. The molecule has 27 heavy (non-hydrogen) atoms. The largest absolute Gasteiger partial charge is 0.354 e. The predicted octanol–water partition coefficient (Wildman–Crippen LogP) is 1.99. The number of hydrogen-bond donors (Lipinski definition) is 3. The molecule has 9 heteroatoms. The van der Waals surface area contributed by atoms with Crippen LogP contribution < -0.4 is 16.0 Å². The first-order chi connectivity index (χ1) is 12.3. The molecular formula is C18H28ClN5O2S. The number of fused-ring (bicyclic) bond motifs is 1. The van der Waals surface area contributed by atoms with E-state index in [4.69, 9.17) is 0 Å². The quantitative estimate of drug-likeness (QED) is 0.699. The van der Waals surface area contributed by atoms with Crippen molar-refractivity contribution in [1.82, 2.24) is 25.7 Å². The van der Waals surface area contributed by atoms with Crippen LogP contribution in [0.2, 0.25) is 0 Å². The van der Waals surface area contributed by atoms with Crippen molar-refractivity contribution in [3.8, 4) is 0 Å². The number of nitrogens with zero attached hydrogens (tertiary/aromatic N) is 2. The minimum absolute atomic E-state index is 0. The second-order valence-corrected chi connectivity index (χ2v) is 8.54. The minimum Gasteiger partial charge on any atom is -0.354 e.